The van der Waals surface area contributed by atoms with Gasteiger partial charge in [0, 0.05) is 12.6 Å². The van der Waals surface area contributed by atoms with Gasteiger partial charge in [-0.15, -0.1) is 0 Å². The molecule has 26 heavy (non-hydrogen) atoms. The number of benzene rings is 1. The minimum Gasteiger partial charge on any atom is -0.482 e. The van der Waals surface area contributed by atoms with Gasteiger partial charge in [-0.3, -0.25) is 4.79 Å². The van der Waals surface area contributed by atoms with E-state index in [1.807, 2.05) is 0 Å². The summed E-state index contributed by atoms with van der Waals surface area (Å²) in [5.74, 6) is 0.534. The van der Waals surface area contributed by atoms with Crippen LogP contribution in [-0.4, -0.2) is 30.7 Å². The molecule has 2 aromatic rings. The van der Waals surface area contributed by atoms with Gasteiger partial charge in [-0.05, 0) is 43.5 Å². The van der Waals surface area contributed by atoms with Crippen LogP contribution in [0.4, 0.5) is 0 Å². The summed E-state index contributed by atoms with van der Waals surface area (Å²) >= 11 is 12.1. The van der Waals surface area contributed by atoms with Crippen molar-refractivity contribution < 1.29 is 14.1 Å². The van der Waals surface area contributed by atoms with Gasteiger partial charge >= 0.3 is 0 Å². The van der Waals surface area contributed by atoms with E-state index in [1.54, 1.807) is 24.3 Å². The SMILES string of the molecule is CC1(CNC(=O)c2cc(COc3c(Cl)cccc3Cl)on2)CCNCC1. The van der Waals surface area contributed by atoms with Crippen molar-refractivity contribution >= 4 is 29.1 Å². The summed E-state index contributed by atoms with van der Waals surface area (Å²) in [7, 11) is 0. The molecule has 0 unspecified atom stereocenters. The molecule has 8 heteroatoms. The van der Waals surface area contributed by atoms with Crippen LogP contribution >= 0.6 is 23.2 Å². The van der Waals surface area contributed by atoms with Crippen molar-refractivity contribution in [2.24, 2.45) is 5.41 Å². The van der Waals surface area contributed by atoms with Gasteiger partial charge in [0.15, 0.2) is 17.2 Å². The first-order chi connectivity index (χ1) is 12.5. The highest BCUT2D eigenvalue weighted by Crippen LogP contribution is 2.33. The third kappa shape index (κ3) is 4.69. The number of amides is 1. The summed E-state index contributed by atoms with van der Waals surface area (Å²) < 4.78 is 10.8. The molecule has 0 saturated carbocycles. The summed E-state index contributed by atoms with van der Waals surface area (Å²) in [4.78, 5) is 12.3. The van der Waals surface area contributed by atoms with Gasteiger partial charge in [-0.25, -0.2) is 0 Å². The molecule has 140 valence electrons. The number of para-hydroxylation sites is 1. The molecule has 1 aromatic heterocycles. The predicted molar refractivity (Wildman–Crippen MR) is 99.8 cm³/mol. The fourth-order valence-corrected chi connectivity index (χ4v) is 3.35. The molecular weight excluding hydrogens is 377 g/mol. The van der Waals surface area contributed by atoms with E-state index in [1.165, 1.54) is 0 Å². The normalized spacial score (nSPS) is 16.3. The van der Waals surface area contributed by atoms with E-state index in [4.69, 9.17) is 32.5 Å². The van der Waals surface area contributed by atoms with E-state index >= 15 is 0 Å². The van der Waals surface area contributed by atoms with Crippen molar-refractivity contribution in [3.63, 3.8) is 0 Å². The molecule has 1 saturated heterocycles. The van der Waals surface area contributed by atoms with Gasteiger partial charge < -0.3 is 19.9 Å². The molecule has 0 bridgehead atoms. The Kier molecular flexibility index (Phi) is 6.06. The largest absolute Gasteiger partial charge is 0.482 e. The van der Waals surface area contributed by atoms with Gasteiger partial charge in [0.05, 0.1) is 10.0 Å². The topological polar surface area (TPSA) is 76.4 Å². The van der Waals surface area contributed by atoms with E-state index < -0.39 is 0 Å². The second-order valence-corrected chi connectivity index (χ2v) is 7.58. The van der Waals surface area contributed by atoms with Crippen LogP contribution in [-0.2, 0) is 6.61 Å². The number of piperidine rings is 1. The fraction of sp³-hybridized carbons (Fsp3) is 0.444. The number of carbonyl (C=O) groups excluding carboxylic acids is 1. The Morgan fingerprint density at radius 3 is 2.73 bits per heavy atom. The lowest BCUT2D eigenvalue weighted by molar-refractivity contribution is 0.0913. The van der Waals surface area contributed by atoms with Gasteiger partial charge in [0.25, 0.3) is 5.91 Å². The highest BCUT2D eigenvalue weighted by atomic mass is 35.5. The summed E-state index contributed by atoms with van der Waals surface area (Å²) in [6.07, 6.45) is 2.06. The van der Waals surface area contributed by atoms with Gasteiger partial charge in [-0.2, -0.15) is 0 Å². The zero-order chi connectivity index (χ0) is 18.6. The fourth-order valence-electron chi connectivity index (χ4n) is 2.84. The number of hydrogen-bond donors (Lipinski definition) is 2. The molecule has 3 rings (SSSR count). The molecule has 1 fully saturated rings. The van der Waals surface area contributed by atoms with E-state index in [-0.39, 0.29) is 23.6 Å². The molecule has 0 atom stereocenters. The highest BCUT2D eigenvalue weighted by Gasteiger charge is 2.27. The molecule has 1 amide bonds. The number of hydrogen-bond acceptors (Lipinski definition) is 5. The smallest absolute Gasteiger partial charge is 0.273 e. The first kappa shape index (κ1) is 19.0. The summed E-state index contributed by atoms with van der Waals surface area (Å²) in [5.41, 5.74) is 0.337. The van der Waals surface area contributed by atoms with E-state index in [2.05, 4.69) is 22.7 Å². The minimum atomic E-state index is -0.254. The van der Waals surface area contributed by atoms with E-state index in [9.17, 15) is 4.79 Å². The number of nitrogens with zero attached hydrogens (tertiary/aromatic N) is 1. The number of aromatic nitrogens is 1. The van der Waals surface area contributed by atoms with Crippen LogP contribution in [0.5, 0.6) is 5.75 Å². The zero-order valence-electron chi connectivity index (χ0n) is 14.5. The third-order valence-electron chi connectivity index (χ3n) is 4.56. The van der Waals surface area contributed by atoms with Crippen LogP contribution in [0.1, 0.15) is 36.0 Å². The minimum absolute atomic E-state index is 0.0765. The number of ether oxygens (including phenoxy) is 1. The van der Waals surface area contributed by atoms with Crippen molar-refractivity contribution in [3.8, 4) is 5.75 Å². The number of carbonyl (C=O) groups is 1. The lowest BCUT2D eigenvalue weighted by atomic mass is 9.81. The molecule has 2 N–H and O–H groups in total. The Balaban J connectivity index is 1.54. The van der Waals surface area contributed by atoms with Gasteiger partial charge in [-0.1, -0.05) is 41.3 Å². The predicted octanol–water partition coefficient (Wildman–Crippen LogP) is 3.68. The quantitative estimate of drug-likeness (QED) is 0.777. The van der Waals surface area contributed by atoms with E-state index in [0.29, 0.717) is 28.1 Å². The maximum Gasteiger partial charge on any atom is 0.273 e. The maximum atomic E-state index is 12.3. The van der Waals surface area contributed by atoms with Crippen molar-refractivity contribution in [2.75, 3.05) is 19.6 Å². The first-order valence-corrected chi connectivity index (χ1v) is 9.24. The maximum absolute atomic E-state index is 12.3. The molecule has 0 radical (unpaired) electrons. The van der Waals surface area contributed by atoms with Crippen LogP contribution < -0.4 is 15.4 Å². The Labute approximate surface area is 162 Å². The van der Waals surface area contributed by atoms with Crippen LogP contribution in [0.2, 0.25) is 10.0 Å². The lowest BCUT2D eigenvalue weighted by Crippen LogP contribution is -2.42. The Morgan fingerprint density at radius 1 is 1.35 bits per heavy atom. The van der Waals surface area contributed by atoms with Crippen molar-refractivity contribution in [2.45, 2.75) is 26.4 Å². The van der Waals surface area contributed by atoms with Gasteiger partial charge in [0.1, 0.15) is 6.61 Å². The Hall–Kier alpha value is -1.76. The number of halogens is 2. The number of rotatable bonds is 6. The molecule has 0 aliphatic carbocycles. The molecule has 0 spiro atoms. The summed E-state index contributed by atoms with van der Waals surface area (Å²) in [5, 5.41) is 10.9. The zero-order valence-corrected chi connectivity index (χ0v) is 16.0. The van der Waals surface area contributed by atoms with E-state index in [0.717, 1.165) is 25.9 Å². The van der Waals surface area contributed by atoms with Crippen molar-refractivity contribution in [1.29, 1.82) is 0 Å². The van der Waals surface area contributed by atoms with Crippen molar-refractivity contribution in [3.05, 3.63) is 45.8 Å². The Bertz CT molecular complexity index is 753. The summed E-state index contributed by atoms with van der Waals surface area (Å²) in [6, 6.07) is 6.66. The van der Waals surface area contributed by atoms with Gasteiger partial charge in [0.2, 0.25) is 0 Å². The van der Waals surface area contributed by atoms with Crippen molar-refractivity contribution in [1.82, 2.24) is 15.8 Å². The average Bonchev–Trinajstić information content (AvgIpc) is 3.09. The molecular formula is C18H21Cl2N3O3. The molecule has 2 heterocycles. The second-order valence-electron chi connectivity index (χ2n) is 6.76. The second kappa shape index (κ2) is 8.29. The standard InChI is InChI=1S/C18H21Cl2N3O3/c1-18(5-7-21-8-6-18)11-22-17(24)15-9-12(26-23-15)10-25-16-13(19)3-2-4-14(16)20/h2-4,9,21H,5-8,10-11H2,1H3,(H,22,24). The summed E-state index contributed by atoms with van der Waals surface area (Å²) in [6.45, 7) is 4.82. The highest BCUT2D eigenvalue weighted by molar-refractivity contribution is 6.37. The number of nitrogens with one attached hydrogen (secondary N) is 2. The average molecular weight is 398 g/mol. The third-order valence-corrected chi connectivity index (χ3v) is 5.15. The molecule has 1 aromatic carbocycles. The molecule has 6 nitrogen and oxygen atoms in total. The molecule has 1 aliphatic heterocycles. The van der Waals surface area contributed by atoms with Crippen LogP contribution in [0.25, 0.3) is 0 Å². The first-order valence-electron chi connectivity index (χ1n) is 8.48. The lowest BCUT2D eigenvalue weighted by Gasteiger charge is -2.33. The molecule has 1 aliphatic rings. The Morgan fingerprint density at radius 2 is 2.04 bits per heavy atom. The van der Waals surface area contributed by atoms with Crippen LogP contribution in [0, 0.1) is 5.41 Å². The van der Waals surface area contributed by atoms with Crippen LogP contribution in [0.3, 0.4) is 0 Å². The monoisotopic (exact) mass is 397 g/mol. The van der Waals surface area contributed by atoms with Crippen LogP contribution in [0.15, 0.2) is 28.8 Å².